The van der Waals surface area contributed by atoms with Crippen molar-refractivity contribution in [2.75, 3.05) is 6.54 Å². The van der Waals surface area contributed by atoms with E-state index in [9.17, 15) is 8.78 Å². The predicted molar refractivity (Wildman–Crippen MR) is 81.4 cm³/mol. The molecule has 21 heavy (non-hydrogen) atoms. The van der Waals surface area contributed by atoms with Crippen LogP contribution in [0.15, 0.2) is 18.2 Å². The zero-order valence-corrected chi connectivity index (χ0v) is 12.8. The average Bonchev–Trinajstić information content (AvgIpc) is 2.92. The van der Waals surface area contributed by atoms with Gasteiger partial charge in [0.05, 0.1) is 5.69 Å². The Bertz CT molecular complexity index is 639. The Labute approximate surface area is 127 Å². The zero-order valence-electron chi connectivity index (χ0n) is 12.0. The summed E-state index contributed by atoms with van der Waals surface area (Å²) in [6.45, 7) is 3.14. The molecule has 1 aromatic heterocycles. The lowest BCUT2D eigenvalue weighted by Crippen LogP contribution is -2.24. The lowest BCUT2D eigenvalue weighted by molar-refractivity contribution is 0.465. The van der Waals surface area contributed by atoms with Gasteiger partial charge in [-0.2, -0.15) is 0 Å². The van der Waals surface area contributed by atoms with Crippen molar-refractivity contribution in [1.82, 2.24) is 10.3 Å². The van der Waals surface area contributed by atoms with Gasteiger partial charge in [-0.25, -0.2) is 13.8 Å². The molecule has 0 fully saturated rings. The quantitative estimate of drug-likeness (QED) is 0.901. The van der Waals surface area contributed by atoms with Crippen molar-refractivity contribution in [1.29, 1.82) is 0 Å². The van der Waals surface area contributed by atoms with Gasteiger partial charge in [0.1, 0.15) is 5.01 Å². The number of nitrogens with one attached hydrogen (secondary N) is 1. The molecule has 0 saturated carbocycles. The van der Waals surface area contributed by atoms with Crippen LogP contribution in [-0.4, -0.2) is 11.5 Å². The number of thiazole rings is 1. The highest BCUT2D eigenvalue weighted by Crippen LogP contribution is 2.38. The Hall–Kier alpha value is -1.33. The van der Waals surface area contributed by atoms with Crippen LogP contribution in [-0.2, 0) is 6.42 Å². The molecule has 0 radical (unpaired) electrons. The van der Waals surface area contributed by atoms with Crippen LogP contribution >= 0.6 is 11.3 Å². The van der Waals surface area contributed by atoms with Gasteiger partial charge in [-0.3, -0.25) is 0 Å². The van der Waals surface area contributed by atoms with E-state index in [4.69, 9.17) is 0 Å². The molecule has 0 saturated heterocycles. The highest BCUT2D eigenvalue weighted by molar-refractivity contribution is 7.15. The van der Waals surface area contributed by atoms with E-state index in [1.165, 1.54) is 10.9 Å². The Morgan fingerprint density at radius 1 is 1.33 bits per heavy atom. The molecular weight excluding hydrogens is 290 g/mol. The van der Waals surface area contributed by atoms with Crippen molar-refractivity contribution in [3.8, 4) is 10.6 Å². The smallest absolute Gasteiger partial charge is 0.159 e. The fourth-order valence-electron chi connectivity index (χ4n) is 2.69. The van der Waals surface area contributed by atoms with Gasteiger partial charge in [0, 0.05) is 16.5 Å². The Morgan fingerprint density at radius 3 is 2.95 bits per heavy atom. The summed E-state index contributed by atoms with van der Waals surface area (Å²) in [7, 11) is 0. The number of rotatable bonds is 4. The molecule has 0 bridgehead atoms. The normalized spacial score (nSPS) is 17.8. The summed E-state index contributed by atoms with van der Waals surface area (Å²) >= 11 is 1.60. The second-order valence-corrected chi connectivity index (χ2v) is 6.39. The lowest BCUT2D eigenvalue weighted by Gasteiger charge is -2.22. The minimum atomic E-state index is -0.818. The number of fused-ring (bicyclic) bond motifs is 1. The van der Waals surface area contributed by atoms with Crippen LogP contribution in [0.5, 0.6) is 0 Å². The molecule has 1 heterocycles. The molecule has 2 aromatic rings. The van der Waals surface area contributed by atoms with Crippen LogP contribution in [0.4, 0.5) is 8.78 Å². The van der Waals surface area contributed by atoms with Gasteiger partial charge < -0.3 is 5.32 Å². The first kappa shape index (κ1) is 14.6. The largest absolute Gasteiger partial charge is 0.309 e. The number of aromatic nitrogens is 1. The third-order valence-electron chi connectivity index (χ3n) is 3.76. The molecule has 1 aliphatic rings. The van der Waals surface area contributed by atoms with Crippen molar-refractivity contribution in [3.63, 3.8) is 0 Å². The maximum absolute atomic E-state index is 13.4. The SMILES string of the molecule is CCCNC1CCCc2nc(-c3ccc(F)c(F)c3)sc21. The highest BCUT2D eigenvalue weighted by Gasteiger charge is 2.24. The van der Waals surface area contributed by atoms with E-state index >= 15 is 0 Å². The Kier molecular flexibility index (Phi) is 4.31. The Morgan fingerprint density at radius 2 is 2.19 bits per heavy atom. The summed E-state index contributed by atoms with van der Waals surface area (Å²) in [5.74, 6) is -1.64. The topological polar surface area (TPSA) is 24.9 Å². The van der Waals surface area contributed by atoms with Crippen LogP contribution in [0, 0.1) is 11.6 Å². The molecule has 2 nitrogen and oxygen atoms in total. The summed E-state index contributed by atoms with van der Waals surface area (Å²) in [6, 6.07) is 4.34. The third kappa shape index (κ3) is 2.99. The molecule has 0 amide bonds. The highest BCUT2D eigenvalue weighted by atomic mass is 32.1. The van der Waals surface area contributed by atoms with Gasteiger partial charge in [0.25, 0.3) is 0 Å². The molecule has 1 aromatic carbocycles. The van der Waals surface area contributed by atoms with Crippen molar-refractivity contribution in [3.05, 3.63) is 40.4 Å². The molecule has 112 valence electrons. The molecule has 5 heteroatoms. The van der Waals surface area contributed by atoms with Crippen LogP contribution in [0.3, 0.4) is 0 Å². The number of benzene rings is 1. The zero-order chi connectivity index (χ0) is 14.8. The van der Waals surface area contributed by atoms with Crippen molar-refractivity contribution < 1.29 is 8.78 Å². The Balaban J connectivity index is 1.91. The summed E-state index contributed by atoms with van der Waals surface area (Å²) in [6.07, 6.45) is 4.31. The summed E-state index contributed by atoms with van der Waals surface area (Å²) < 4.78 is 26.4. The maximum atomic E-state index is 13.4. The van der Waals surface area contributed by atoms with Gasteiger partial charge in [-0.05, 0) is 50.4 Å². The minimum absolute atomic E-state index is 0.352. The molecular formula is C16H18F2N2S. The molecule has 1 aliphatic carbocycles. The standard InChI is InChI=1S/C16H18F2N2S/c1-2-8-19-13-4-3-5-14-15(13)21-16(20-14)10-6-7-11(17)12(18)9-10/h6-7,9,13,19H,2-5,8H2,1H3. The van der Waals surface area contributed by atoms with E-state index in [0.29, 0.717) is 11.6 Å². The minimum Gasteiger partial charge on any atom is -0.309 e. The maximum Gasteiger partial charge on any atom is 0.159 e. The van der Waals surface area contributed by atoms with E-state index in [1.54, 1.807) is 17.4 Å². The van der Waals surface area contributed by atoms with Crippen molar-refractivity contribution in [2.45, 2.75) is 38.6 Å². The molecule has 3 rings (SSSR count). The summed E-state index contributed by atoms with van der Waals surface area (Å²) in [5, 5.41) is 4.33. The van der Waals surface area contributed by atoms with E-state index in [-0.39, 0.29) is 0 Å². The molecule has 0 spiro atoms. The molecule has 1 unspecified atom stereocenters. The van der Waals surface area contributed by atoms with E-state index in [2.05, 4.69) is 17.2 Å². The third-order valence-corrected chi connectivity index (χ3v) is 5.02. The van der Waals surface area contributed by atoms with E-state index in [0.717, 1.165) is 49.0 Å². The van der Waals surface area contributed by atoms with Crippen molar-refractivity contribution in [2.24, 2.45) is 0 Å². The van der Waals surface area contributed by atoms with Gasteiger partial charge in [0.2, 0.25) is 0 Å². The summed E-state index contributed by atoms with van der Waals surface area (Å²) in [4.78, 5) is 5.90. The predicted octanol–water partition coefficient (Wildman–Crippen LogP) is 4.47. The number of aryl methyl sites for hydroxylation is 1. The summed E-state index contributed by atoms with van der Waals surface area (Å²) in [5.41, 5.74) is 1.77. The fraction of sp³-hybridized carbons (Fsp3) is 0.438. The number of hydrogen-bond donors (Lipinski definition) is 1. The monoisotopic (exact) mass is 308 g/mol. The van der Waals surface area contributed by atoms with Gasteiger partial charge >= 0.3 is 0 Å². The average molecular weight is 308 g/mol. The van der Waals surface area contributed by atoms with Crippen LogP contribution in [0.2, 0.25) is 0 Å². The van der Waals surface area contributed by atoms with Gasteiger partial charge in [-0.1, -0.05) is 6.92 Å². The number of nitrogens with zero attached hydrogens (tertiary/aromatic N) is 1. The van der Waals surface area contributed by atoms with Crippen molar-refractivity contribution >= 4 is 11.3 Å². The first-order valence-corrected chi connectivity index (χ1v) is 8.19. The molecule has 1 N–H and O–H groups in total. The van der Waals surface area contributed by atoms with Gasteiger partial charge in [-0.15, -0.1) is 11.3 Å². The first-order chi connectivity index (χ1) is 10.2. The second kappa shape index (κ2) is 6.20. The van der Waals surface area contributed by atoms with Crippen LogP contribution in [0.1, 0.15) is 42.8 Å². The molecule has 0 aliphatic heterocycles. The lowest BCUT2D eigenvalue weighted by atomic mass is 9.98. The van der Waals surface area contributed by atoms with E-state index in [1.807, 2.05) is 0 Å². The molecule has 1 atom stereocenters. The number of halogens is 2. The van der Waals surface area contributed by atoms with Crippen LogP contribution < -0.4 is 5.32 Å². The van der Waals surface area contributed by atoms with Crippen LogP contribution in [0.25, 0.3) is 10.6 Å². The second-order valence-electron chi connectivity index (χ2n) is 5.36. The number of hydrogen-bond acceptors (Lipinski definition) is 3. The van der Waals surface area contributed by atoms with Gasteiger partial charge in [0.15, 0.2) is 11.6 Å². The van der Waals surface area contributed by atoms with E-state index < -0.39 is 11.6 Å². The fourth-order valence-corrected chi connectivity index (χ4v) is 3.90. The first-order valence-electron chi connectivity index (χ1n) is 7.37.